The number of aryl methyl sites for hydroxylation is 2. The Morgan fingerprint density at radius 2 is 2.29 bits per heavy atom. The van der Waals surface area contributed by atoms with Crippen molar-refractivity contribution in [1.82, 2.24) is 9.97 Å². The van der Waals surface area contributed by atoms with E-state index in [1.807, 2.05) is 6.92 Å². The number of rotatable bonds is 4. The highest BCUT2D eigenvalue weighted by Crippen LogP contribution is 2.08. The summed E-state index contributed by atoms with van der Waals surface area (Å²) in [5.74, 6) is 0.430. The molecule has 0 saturated heterocycles. The molecular formula is C10H16N2O2. The fourth-order valence-electron chi connectivity index (χ4n) is 1.34. The Hall–Kier alpha value is -1.32. The van der Waals surface area contributed by atoms with Crippen LogP contribution in [-0.4, -0.2) is 23.0 Å². The van der Waals surface area contributed by atoms with E-state index in [-0.39, 0.29) is 12.4 Å². The summed E-state index contributed by atoms with van der Waals surface area (Å²) in [7, 11) is 1.38. The van der Waals surface area contributed by atoms with Crippen LogP contribution in [-0.2, 0) is 22.4 Å². The van der Waals surface area contributed by atoms with Crippen LogP contribution in [0.1, 0.15) is 30.6 Å². The number of carbonyl (C=O) groups excluding carboxylic acids is 1. The predicted octanol–water partition coefficient (Wildman–Crippen LogP) is 1.39. The van der Waals surface area contributed by atoms with Gasteiger partial charge < -0.3 is 9.72 Å². The summed E-state index contributed by atoms with van der Waals surface area (Å²) in [6.07, 6.45) is 2.23. The van der Waals surface area contributed by atoms with E-state index in [1.165, 1.54) is 7.11 Å². The van der Waals surface area contributed by atoms with Crippen LogP contribution in [0.25, 0.3) is 0 Å². The molecule has 0 aliphatic heterocycles. The molecule has 4 nitrogen and oxygen atoms in total. The molecule has 1 N–H and O–H groups in total. The van der Waals surface area contributed by atoms with Crippen molar-refractivity contribution in [3.63, 3.8) is 0 Å². The monoisotopic (exact) mass is 196 g/mol. The molecule has 1 rings (SSSR count). The van der Waals surface area contributed by atoms with Gasteiger partial charge in [-0.3, -0.25) is 4.79 Å². The van der Waals surface area contributed by atoms with Crippen LogP contribution < -0.4 is 0 Å². The van der Waals surface area contributed by atoms with E-state index < -0.39 is 0 Å². The van der Waals surface area contributed by atoms with Gasteiger partial charge in [0.25, 0.3) is 0 Å². The van der Waals surface area contributed by atoms with Crippen molar-refractivity contribution in [2.75, 3.05) is 7.11 Å². The molecule has 1 heterocycles. The lowest BCUT2D eigenvalue weighted by atomic mass is 10.2. The molecular weight excluding hydrogens is 180 g/mol. The average Bonchev–Trinajstić information content (AvgIpc) is 2.47. The zero-order chi connectivity index (χ0) is 10.6. The van der Waals surface area contributed by atoms with Crippen LogP contribution in [0.3, 0.4) is 0 Å². The van der Waals surface area contributed by atoms with Gasteiger partial charge in [0.1, 0.15) is 12.2 Å². The van der Waals surface area contributed by atoms with Crippen LogP contribution in [0.15, 0.2) is 0 Å². The Kier molecular flexibility index (Phi) is 3.68. The number of esters is 1. The van der Waals surface area contributed by atoms with Crippen molar-refractivity contribution in [3.05, 3.63) is 17.2 Å². The minimum atomic E-state index is -0.262. The fraction of sp³-hybridized carbons (Fsp3) is 0.600. The van der Waals surface area contributed by atoms with Gasteiger partial charge in [0.05, 0.1) is 12.8 Å². The molecule has 0 atom stereocenters. The first-order valence-corrected chi connectivity index (χ1v) is 4.78. The lowest BCUT2D eigenvalue weighted by Gasteiger charge is -1.94. The van der Waals surface area contributed by atoms with Gasteiger partial charge in [-0.15, -0.1) is 0 Å². The zero-order valence-electron chi connectivity index (χ0n) is 8.89. The molecule has 0 fully saturated rings. The number of aromatic amines is 1. The van der Waals surface area contributed by atoms with Crippen LogP contribution in [0.2, 0.25) is 0 Å². The van der Waals surface area contributed by atoms with E-state index in [1.54, 1.807) is 0 Å². The lowest BCUT2D eigenvalue weighted by molar-refractivity contribution is -0.139. The maximum Gasteiger partial charge on any atom is 0.313 e. The minimum Gasteiger partial charge on any atom is -0.469 e. The van der Waals surface area contributed by atoms with Crippen molar-refractivity contribution >= 4 is 5.97 Å². The number of ether oxygens (including phenoxy) is 1. The number of imidazole rings is 1. The first-order chi connectivity index (χ1) is 6.67. The van der Waals surface area contributed by atoms with Crippen molar-refractivity contribution < 1.29 is 9.53 Å². The van der Waals surface area contributed by atoms with Crippen LogP contribution >= 0.6 is 0 Å². The number of hydrogen-bond donors (Lipinski definition) is 1. The van der Waals surface area contributed by atoms with Crippen LogP contribution in [0.4, 0.5) is 0 Å². The molecule has 14 heavy (non-hydrogen) atoms. The molecule has 0 radical (unpaired) electrons. The maximum absolute atomic E-state index is 11.0. The third-order valence-electron chi connectivity index (χ3n) is 2.06. The lowest BCUT2D eigenvalue weighted by Crippen LogP contribution is -2.05. The zero-order valence-corrected chi connectivity index (χ0v) is 8.89. The first-order valence-electron chi connectivity index (χ1n) is 4.78. The molecule has 0 unspecified atom stereocenters. The molecule has 1 aromatic heterocycles. The number of methoxy groups -OCH3 is 1. The maximum atomic E-state index is 11.0. The second-order valence-corrected chi connectivity index (χ2v) is 3.26. The van der Waals surface area contributed by atoms with E-state index in [9.17, 15) is 4.79 Å². The molecule has 0 aromatic carbocycles. The minimum absolute atomic E-state index is 0.223. The Morgan fingerprint density at radius 3 is 2.86 bits per heavy atom. The summed E-state index contributed by atoms with van der Waals surface area (Å²) in [4.78, 5) is 18.4. The highest BCUT2D eigenvalue weighted by Gasteiger charge is 2.09. The standard InChI is InChI=1S/C10H16N2O2/c1-4-5-8-7(2)11-9(12-8)6-10(13)14-3/h4-6H2,1-3H3,(H,11,12). The summed E-state index contributed by atoms with van der Waals surface area (Å²) in [5.41, 5.74) is 2.09. The molecule has 78 valence electrons. The number of H-pyrrole nitrogens is 1. The molecule has 0 aliphatic rings. The summed E-state index contributed by atoms with van der Waals surface area (Å²) in [6.45, 7) is 4.08. The number of nitrogens with zero attached hydrogens (tertiary/aromatic N) is 1. The second-order valence-electron chi connectivity index (χ2n) is 3.26. The Labute approximate surface area is 83.7 Å². The Bertz CT molecular complexity index is 318. The molecule has 0 bridgehead atoms. The predicted molar refractivity (Wildman–Crippen MR) is 53.0 cm³/mol. The van der Waals surface area contributed by atoms with Gasteiger partial charge in [0.2, 0.25) is 0 Å². The largest absolute Gasteiger partial charge is 0.469 e. The summed E-state index contributed by atoms with van der Waals surface area (Å²) in [5, 5.41) is 0. The summed E-state index contributed by atoms with van der Waals surface area (Å²) < 4.78 is 4.56. The third-order valence-corrected chi connectivity index (χ3v) is 2.06. The second kappa shape index (κ2) is 4.79. The van der Waals surface area contributed by atoms with Crippen LogP contribution in [0, 0.1) is 6.92 Å². The molecule has 0 amide bonds. The van der Waals surface area contributed by atoms with Gasteiger partial charge in [-0.25, -0.2) is 4.98 Å². The molecule has 1 aromatic rings. The smallest absolute Gasteiger partial charge is 0.313 e. The SMILES string of the molecule is CCCc1nc(CC(=O)OC)[nH]c1C. The van der Waals surface area contributed by atoms with Gasteiger partial charge in [-0.05, 0) is 13.3 Å². The van der Waals surface area contributed by atoms with Crippen molar-refractivity contribution in [2.45, 2.75) is 33.1 Å². The van der Waals surface area contributed by atoms with Gasteiger partial charge in [0, 0.05) is 5.69 Å². The van der Waals surface area contributed by atoms with E-state index in [0.29, 0.717) is 5.82 Å². The molecule has 0 aliphatic carbocycles. The van der Waals surface area contributed by atoms with Crippen LogP contribution in [0.5, 0.6) is 0 Å². The molecule has 4 heteroatoms. The topological polar surface area (TPSA) is 55.0 Å². The number of hydrogen-bond acceptors (Lipinski definition) is 3. The Morgan fingerprint density at radius 1 is 1.57 bits per heavy atom. The fourth-order valence-corrected chi connectivity index (χ4v) is 1.34. The highest BCUT2D eigenvalue weighted by atomic mass is 16.5. The van der Waals surface area contributed by atoms with Gasteiger partial charge in [-0.1, -0.05) is 13.3 Å². The highest BCUT2D eigenvalue weighted by molar-refractivity contribution is 5.71. The normalized spacial score (nSPS) is 10.2. The van der Waals surface area contributed by atoms with E-state index in [0.717, 1.165) is 24.2 Å². The summed E-state index contributed by atoms with van der Waals surface area (Å²) in [6, 6.07) is 0. The summed E-state index contributed by atoms with van der Waals surface area (Å²) >= 11 is 0. The number of carbonyl (C=O) groups is 1. The van der Waals surface area contributed by atoms with Crippen molar-refractivity contribution in [2.24, 2.45) is 0 Å². The van der Waals surface area contributed by atoms with E-state index >= 15 is 0 Å². The van der Waals surface area contributed by atoms with Gasteiger partial charge >= 0.3 is 5.97 Å². The first kappa shape index (κ1) is 10.8. The van der Waals surface area contributed by atoms with E-state index in [2.05, 4.69) is 21.6 Å². The third kappa shape index (κ3) is 2.58. The molecule has 0 saturated carbocycles. The number of aromatic nitrogens is 2. The van der Waals surface area contributed by atoms with Crippen molar-refractivity contribution in [1.29, 1.82) is 0 Å². The van der Waals surface area contributed by atoms with Crippen molar-refractivity contribution in [3.8, 4) is 0 Å². The quantitative estimate of drug-likeness (QED) is 0.740. The molecule has 0 spiro atoms. The average molecular weight is 196 g/mol. The Balaban J connectivity index is 2.70. The van der Waals surface area contributed by atoms with Gasteiger partial charge in [-0.2, -0.15) is 0 Å². The van der Waals surface area contributed by atoms with E-state index in [4.69, 9.17) is 0 Å². The van der Waals surface area contributed by atoms with Gasteiger partial charge in [0.15, 0.2) is 0 Å². The number of nitrogens with one attached hydrogen (secondary N) is 1.